The number of benzene rings is 1. The number of halogens is 1. The van der Waals surface area contributed by atoms with Gasteiger partial charge in [-0.05, 0) is 53.2 Å². The normalized spacial score (nSPS) is 11.4. The summed E-state index contributed by atoms with van der Waals surface area (Å²) in [6.45, 7) is 1.80. The van der Waals surface area contributed by atoms with Crippen LogP contribution in [0, 0.1) is 6.92 Å². The molecule has 3 aromatic rings. The van der Waals surface area contributed by atoms with Gasteiger partial charge >= 0.3 is 5.97 Å². The van der Waals surface area contributed by atoms with Gasteiger partial charge < -0.3 is 9.52 Å². The minimum atomic E-state index is -3.97. The minimum absolute atomic E-state index is 0.145. The maximum Gasteiger partial charge on any atom is 0.336 e. The lowest BCUT2D eigenvalue weighted by atomic mass is 10.2. The summed E-state index contributed by atoms with van der Waals surface area (Å²) >= 11 is 4.18. The molecular weight excluding hydrogens is 432 g/mol. The van der Waals surface area contributed by atoms with Crippen molar-refractivity contribution in [3.05, 3.63) is 51.5 Å². The Hall–Kier alpha value is -2.17. The van der Waals surface area contributed by atoms with Gasteiger partial charge in [0.25, 0.3) is 10.0 Å². The molecule has 25 heavy (non-hydrogen) atoms. The molecule has 0 bridgehead atoms. The average Bonchev–Trinajstić information content (AvgIpc) is 3.15. The topological polar surface area (TPSA) is 110 Å². The molecule has 0 spiro atoms. The van der Waals surface area contributed by atoms with Crippen molar-refractivity contribution in [1.82, 2.24) is 4.98 Å². The average molecular weight is 443 g/mol. The zero-order valence-electron chi connectivity index (χ0n) is 12.7. The number of anilines is 1. The van der Waals surface area contributed by atoms with Gasteiger partial charge in [-0.2, -0.15) is 0 Å². The largest absolute Gasteiger partial charge is 0.478 e. The van der Waals surface area contributed by atoms with Crippen LogP contribution in [0.25, 0.3) is 11.5 Å². The van der Waals surface area contributed by atoms with E-state index in [1.807, 2.05) is 0 Å². The highest BCUT2D eigenvalue weighted by Gasteiger charge is 2.20. The maximum atomic E-state index is 12.5. The summed E-state index contributed by atoms with van der Waals surface area (Å²) in [7, 11) is -3.97. The van der Waals surface area contributed by atoms with Crippen LogP contribution in [0.2, 0.25) is 0 Å². The number of nitrogens with zero attached hydrogens (tertiary/aromatic N) is 1. The van der Waals surface area contributed by atoms with Crippen molar-refractivity contribution in [3.63, 3.8) is 0 Å². The number of aryl methyl sites for hydroxylation is 1. The van der Waals surface area contributed by atoms with Gasteiger partial charge in [-0.3, -0.25) is 4.72 Å². The quantitative estimate of drug-likeness (QED) is 0.618. The number of hydrogen-bond donors (Lipinski definition) is 2. The molecule has 130 valence electrons. The summed E-state index contributed by atoms with van der Waals surface area (Å²) < 4.78 is 33.0. The van der Waals surface area contributed by atoms with Gasteiger partial charge in [-0.15, -0.1) is 11.3 Å². The fourth-order valence-electron chi connectivity index (χ4n) is 2.02. The monoisotopic (exact) mass is 442 g/mol. The van der Waals surface area contributed by atoms with Gasteiger partial charge in [0.15, 0.2) is 10.9 Å². The minimum Gasteiger partial charge on any atom is -0.478 e. The molecule has 0 unspecified atom stereocenters. The molecule has 3 rings (SSSR count). The fourth-order valence-corrected chi connectivity index (χ4v) is 4.41. The molecule has 2 aromatic heterocycles. The number of furan rings is 1. The number of aromatic nitrogens is 1. The Bertz CT molecular complexity index is 1060. The lowest BCUT2D eigenvalue weighted by molar-refractivity contribution is 0.0695. The lowest BCUT2D eigenvalue weighted by Gasteiger charge is -2.07. The Morgan fingerprint density at radius 1 is 1.32 bits per heavy atom. The van der Waals surface area contributed by atoms with Crippen LogP contribution in [0.3, 0.4) is 0 Å². The van der Waals surface area contributed by atoms with Crippen LogP contribution in [0.1, 0.15) is 16.1 Å². The number of sulfonamides is 1. The van der Waals surface area contributed by atoms with Crippen molar-refractivity contribution in [3.8, 4) is 11.5 Å². The zero-order valence-corrected chi connectivity index (χ0v) is 15.9. The van der Waals surface area contributed by atoms with E-state index < -0.39 is 16.0 Å². The number of carboxylic acid groups (broad SMARTS) is 1. The molecule has 1 aromatic carbocycles. The van der Waals surface area contributed by atoms with E-state index in [1.165, 1.54) is 12.1 Å². The molecule has 2 N–H and O–H groups in total. The van der Waals surface area contributed by atoms with Crippen LogP contribution in [-0.2, 0) is 10.0 Å². The number of nitrogens with one attached hydrogen (secondary N) is 1. The standard InChI is InChI=1S/C15H11BrN2O5S2/c1-8-2-5-13(23-8)12-7-24-15(17-12)18-25(21,22)9-3-4-11(16)10(6-9)14(19)20/h2-7H,1H3,(H,17,18)(H,19,20). The van der Waals surface area contributed by atoms with Crippen molar-refractivity contribution in [2.75, 3.05) is 4.72 Å². The number of rotatable bonds is 5. The van der Waals surface area contributed by atoms with Crippen molar-refractivity contribution >= 4 is 48.4 Å². The molecule has 0 saturated heterocycles. The van der Waals surface area contributed by atoms with E-state index in [0.29, 0.717) is 15.9 Å². The zero-order chi connectivity index (χ0) is 18.2. The summed E-state index contributed by atoms with van der Waals surface area (Å²) in [4.78, 5) is 15.2. The molecule has 0 aliphatic rings. The Labute approximate surface area is 155 Å². The van der Waals surface area contributed by atoms with Gasteiger partial charge in [0.05, 0.1) is 10.5 Å². The van der Waals surface area contributed by atoms with Crippen LogP contribution in [-0.4, -0.2) is 24.5 Å². The van der Waals surface area contributed by atoms with E-state index in [4.69, 9.17) is 9.52 Å². The number of carboxylic acids is 1. The third-order valence-electron chi connectivity index (χ3n) is 3.20. The summed E-state index contributed by atoms with van der Waals surface area (Å²) in [5, 5.41) is 10.9. The smallest absolute Gasteiger partial charge is 0.336 e. The molecule has 0 radical (unpaired) electrons. The maximum absolute atomic E-state index is 12.5. The van der Waals surface area contributed by atoms with E-state index in [0.717, 1.165) is 23.2 Å². The predicted octanol–water partition coefficient (Wildman–Crippen LogP) is 3.97. The van der Waals surface area contributed by atoms with Crippen LogP contribution in [0.4, 0.5) is 5.13 Å². The molecule has 0 aliphatic carbocycles. The molecule has 0 aliphatic heterocycles. The van der Waals surface area contributed by atoms with Crippen LogP contribution in [0.15, 0.2) is 49.5 Å². The summed E-state index contributed by atoms with van der Waals surface area (Å²) in [5.74, 6) is 0.0332. The third kappa shape index (κ3) is 3.75. The van der Waals surface area contributed by atoms with Crippen LogP contribution in [0.5, 0.6) is 0 Å². The highest BCUT2D eigenvalue weighted by Crippen LogP contribution is 2.28. The number of thiazole rings is 1. The van der Waals surface area contributed by atoms with Crippen molar-refractivity contribution in [1.29, 1.82) is 0 Å². The van der Waals surface area contributed by atoms with Crippen molar-refractivity contribution in [2.45, 2.75) is 11.8 Å². The van der Waals surface area contributed by atoms with Crippen LogP contribution < -0.4 is 4.72 Å². The van der Waals surface area contributed by atoms with Gasteiger partial charge in [0.1, 0.15) is 11.5 Å². The van der Waals surface area contributed by atoms with Crippen molar-refractivity contribution < 1.29 is 22.7 Å². The van der Waals surface area contributed by atoms with E-state index >= 15 is 0 Å². The van der Waals surface area contributed by atoms with E-state index in [9.17, 15) is 13.2 Å². The van der Waals surface area contributed by atoms with Crippen molar-refractivity contribution in [2.24, 2.45) is 0 Å². The Morgan fingerprint density at radius 2 is 2.08 bits per heavy atom. The van der Waals surface area contributed by atoms with Crippen LogP contribution >= 0.6 is 27.3 Å². The fraction of sp³-hybridized carbons (Fsp3) is 0.0667. The van der Waals surface area contributed by atoms with E-state index in [-0.39, 0.29) is 15.6 Å². The second-order valence-electron chi connectivity index (χ2n) is 5.00. The molecule has 2 heterocycles. The van der Waals surface area contributed by atoms with Gasteiger partial charge in [-0.25, -0.2) is 18.2 Å². The number of aromatic carboxylic acids is 1. The molecule has 0 atom stereocenters. The summed E-state index contributed by atoms with van der Waals surface area (Å²) in [6.07, 6.45) is 0. The lowest BCUT2D eigenvalue weighted by Crippen LogP contribution is -2.13. The second kappa shape index (κ2) is 6.62. The van der Waals surface area contributed by atoms with Gasteiger partial charge in [0, 0.05) is 9.85 Å². The molecule has 0 amide bonds. The first-order chi connectivity index (χ1) is 11.8. The van der Waals surface area contributed by atoms with E-state index in [1.54, 1.807) is 24.4 Å². The Morgan fingerprint density at radius 3 is 2.72 bits per heavy atom. The highest BCUT2D eigenvalue weighted by molar-refractivity contribution is 9.10. The molecule has 0 fully saturated rings. The first-order valence-electron chi connectivity index (χ1n) is 6.84. The highest BCUT2D eigenvalue weighted by atomic mass is 79.9. The molecule has 0 saturated carbocycles. The second-order valence-corrected chi connectivity index (χ2v) is 8.40. The summed E-state index contributed by atoms with van der Waals surface area (Å²) in [5.41, 5.74) is 0.367. The Balaban J connectivity index is 1.88. The first kappa shape index (κ1) is 17.6. The van der Waals surface area contributed by atoms with Gasteiger partial charge in [-0.1, -0.05) is 0 Å². The molecule has 7 nitrogen and oxygen atoms in total. The van der Waals surface area contributed by atoms with Gasteiger partial charge in [0.2, 0.25) is 0 Å². The summed E-state index contributed by atoms with van der Waals surface area (Å²) in [6, 6.07) is 7.30. The number of hydrogen-bond acceptors (Lipinski definition) is 6. The first-order valence-corrected chi connectivity index (χ1v) is 10.00. The third-order valence-corrected chi connectivity index (χ3v) is 6.11. The Kier molecular flexibility index (Phi) is 4.67. The predicted molar refractivity (Wildman–Crippen MR) is 96.5 cm³/mol. The molecule has 10 heteroatoms. The molecular formula is C15H11BrN2O5S2. The number of carbonyl (C=O) groups is 1. The van der Waals surface area contributed by atoms with E-state index in [2.05, 4.69) is 25.6 Å². The SMILES string of the molecule is Cc1ccc(-c2csc(NS(=O)(=O)c3ccc(Br)c(C(=O)O)c3)n2)o1.